The summed E-state index contributed by atoms with van der Waals surface area (Å²) in [7, 11) is 1.97. The number of hydrogen-bond acceptors (Lipinski definition) is 2. The smallest absolute Gasteiger partial charge is 0.122 e. The zero-order chi connectivity index (χ0) is 10.2. The van der Waals surface area contributed by atoms with Crippen LogP contribution in [-0.4, -0.2) is 20.2 Å². The van der Waals surface area contributed by atoms with Crippen molar-refractivity contribution in [3.05, 3.63) is 29.8 Å². The van der Waals surface area contributed by atoms with E-state index in [1.807, 2.05) is 25.2 Å². The molecular weight excluding hydrogens is 174 g/mol. The van der Waals surface area contributed by atoms with Gasteiger partial charge in [0.15, 0.2) is 0 Å². The molecule has 0 saturated carbocycles. The second-order valence-electron chi connectivity index (χ2n) is 3.42. The molecule has 0 heterocycles. The van der Waals surface area contributed by atoms with Crippen molar-refractivity contribution in [3.8, 4) is 5.75 Å². The lowest BCUT2D eigenvalue weighted by molar-refractivity contribution is 0.304. The van der Waals surface area contributed by atoms with E-state index in [1.54, 1.807) is 0 Å². The molecule has 0 atom stereocenters. The maximum Gasteiger partial charge on any atom is 0.122 e. The fourth-order valence-corrected chi connectivity index (χ4v) is 1.30. The third kappa shape index (κ3) is 3.79. The van der Waals surface area contributed by atoms with Gasteiger partial charge in [-0.3, -0.25) is 0 Å². The van der Waals surface area contributed by atoms with E-state index < -0.39 is 0 Å². The third-order valence-electron chi connectivity index (χ3n) is 2.17. The Bertz CT molecular complexity index is 260. The van der Waals surface area contributed by atoms with Gasteiger partial charge in [0.05, 0.1) is 6.61 Å². The first-order valence-corrected chi connectivity index (χ1v) is 5.17. The van der Waals surface area contributed by atoms with Gasteiger partial charge in [-0.05, 0) is 45.0 Å². The molecule has 1 aromatic rings. The van der Waals surface area contributed by atoms with Crippen LogP contribution in [-0.2, 0) is 0 Å². The standard InChI is InChI=1S/C12H19NO/c1-11-7-3-4-8-12(11)14-10-6-5-9-13-2/h3-4,7-8,13H,5-6,9-10H2,1-2H3. The van der Waals surface area contributed by atoms with Gasteiger partial charge in [-0.25, -0.2) is 0 Å². The summed E-state index contributed by atoms with van der Waals surface area (Å²) in [4.78, 5) is 0. The molecule has 78 valence electrons. The number of ether oxygens (including phenoxy) is 1. The Hall–Kier alpha value is -1.02. The van der Waals surface area contributed by atoms with E-state index >= 15 is 0 Å². The lowest BCUT2D eigenvalue weighted by atomic mass is 10.2. The summed E-state index contributed by atoms with van der Waals surface area (Å²) < 4.78 is 5.66. The summed E-state index contributed by atoms with van der Waals surface area (Å²) in [6, 6.07) is 8.13. The van der Waals surface area contributed by atoms with Crippen molar-refractivity contribution in [1.29, 1.82) is 0 Å². The molecule has 2 heteroatoms. The van der Waals surface area contributed by atoms with Gasteiger partial charge in [0.1, 0.15) is 5.75 Å². The highest BCUT2D eigenvalue weighted by Gasteiger charge is 1.96. The molecule has 14 heavy (non-hydrogen) atoms. The van der Waals surface area contributed by atoms with Gasteiger partial charge in [0.2, 0.25) is 0 Å². The Balaban J connectivity index is 2.21. The molecule has 0 fully saturated rings. The Labute approximate surface area is 86.3 Å². The Kier molecular flexibility index (Phi) is 5.08. The number of aryl methyl sites for hydroxylation is 1. The summed E-state index contributed by atoms with van der Waals surface area (Å²) >= 11 is 0. The van der Waals surface area contributed by atoms with E-state index in [9.17, 15) is 0 Å². The largest absolute Gasteiger partial charge is 0.493 e. The molecule has 0 aliphatic heterocycles. The minimum atomic E-state index is 0.812. The normalized spacial score (nSPS) is 10.1. The van der Waals surface area contributed by atoms with Crippen LogP contribution in [0.15, 0.2) is 24.3 Å². The van der Waals surface area contributed by atoms with Crippen molar-refractivity contribution in [2.24, 2.45) is 0 Å². The number of para-hydroxylation sites is 1. The van der Waals surface area contributed by atoms with Gasteiger partial charge < -0.3 is 10.1 Å². The van der Waals surface area contributed by atoms with Crippen LogP contribution < -0.4 is 10.1 Å². The molecule has 1 aromatic carbocycles. The molecule has 0 amide bonds. The number of benzene rings is 1. The number of rotatable bonds is 6. The van der Waals surface area contributed by atoms with Gasteiger partial charge in [-0.2, -0.15) is 0 Å². The van der Waals surface area contributed by atoms with Gasteiger partial charge >= 0.3 is 0 Å². The number of unbranched alkanes of at least 4 members (excludes halogenated alkanes) is 1. The fourth-order valence-electron chi connectivity index (χ4n) is 1.30. The quantitative estimate of drug-likeness (QED) is 0.700. The first kappa shape index (κ1) is 11.1. The Morgan fingerprint density at radius 1 is 1.21 bits per heavy atom. The van der Waals surface area contributed by atoms with E-state index in [2.05, 4.69) is 18.3 Å². The van der Waals surface area contributed by atoms with Crippen LogP contribution in [0.5, 0.6) is 5.75 Å². The molecule has 2 nitrogen and oxygen atoms in total. The Morgan fingerprint density at radius 2 is 2.00 bits per heavy atom. The number of nitrogens with one attached hydrogen (secondary N) is 1. The topological polar surface area (TPSA) is 21.3 Å². The van der Waals surface area contributed by atoms with E-state index in [-0.39, 0.29) is 0 Å². The predicted octanol–water partition coefficient (Wildman–Crippen LogP) is 2.37. The van der Waals surface area contributed by atoms with Crippen molar-refractivity contribution in [1.82, 2.24) is 5.32 Å². The van der Waals surface area contributed by atoms with Gasteiger partial charge in [0.25, 0.3) is 0 Å². The van der Waals surface area contributed by atoms with Crippen molar-refractivity contribution < 1.29 is 4.74 Å². The molecule has 1 rings (SSSR count). The van der Waals surface area contributed by atoms with Gasteiger partial charge in [-0.15, -0.1) is 0 Å². The second kappa shape index (κ2) is 6.44. The minimum Gasteiger partial charge on any atom is -0.493 e. The minimum absolute atomic E-state index is 0.812. The van der Waals surface area contributed by atoms with Gasteiger partial charge in [-0.1, -0.05) is 18.2 Å². The Morgan fingerprint density at radius 3 is 2.71 bits per heavy atom. The van der Waals surface area contributed by atoms with E-state index in [0.29, 0.717) is 0 Å². The number of hydrogen-bond donors (Lipinski definition) is 1. The molecule has 0 unspecified atom stereocenters. The van der Waals surface area contributed by atoms with Crippen LogP contribution in [0.3, 0.4) is 0 Å². The van der Waals surface area contributed by atoms with Crippen LogP contribution in [0.4, 0.5) is 0 Å². The maximum absolute atomic E-state index is 5.66. The zero-order valence-electron chi connectivity index (χ0n) is 9.05. The second-order valence-corrected chi connectivity index (χ2v) is 3.42. The molecule has 0 aromatic heterocycles. The molecular formula is C12H19NO. The van der Waals surface area contributed by atoms with Crippen LogP contribution in [0.2, 0.25) is 0 Å². The highest BCUT2D eigenvalue weighted by atomic mass is 16.5. The summed E-state index contributed by atoms with van der Waals surface area (Å²) in [6.45, 7) is 3.95. The zero-order valence-corrected chi connectivity index (χ0v) is 9.05. The molecule has 0 radical (unpaired) electrons. The maximum atomic E-state index is 5.66. The highest BCUT2D eigenvalue weighted by Crippen LogP contribution is 2.16. The fraction of sp³-hybridized carbons (Fsp3) is 0.500. The molecule has 0 spiro atoms. The summed E-state index contributed by atoms with van der Waals surface area (Å²) in [5, 5.41) is 3.12. The van der Waals surface area contributed by atoms with Crippen molar-refractivity contribution in [2.75, 3.05) is 20.2 Å². The van der Waals surface area contributed by atoms with E-state index in [0.717, 1.165) is 25.3 Å². The first-order chi connectivity index (χ1) is 6.84. The SMILES string of the molecule is CNCCCCOc1ccccc1C. The highest BCUT2D eigenvalue weighted by molar-refractivity contribution is 5.31. The third-order valence-corrected chi connectivity index (χ3v) is 2.17. The average molecular weight is 193 g/mol. The molecule has 0 aliphatic carbocycles. The molecule has 1 N–H and O–H groups in total. The predicted molar refractivity (Wildman–Crippen MR) is 59.8 cm³/mol. The monoisotopic (exact) mass is 193 g/mol. The van der Waals surface area contributed by atoms with Crippen LogP contribution >= 0.6 is 0 Å². The first-order valence-electron chi connectivity index (χ1n) is 5.17. The summed E-state index contributed by atoms with van der Waals surface area (Å²) in [6.07, 6.45) is 2.28. The molecule has 0 aliphatic rings. The van der Waals surface area contributed by atoms with Crippen molar-refractivity contribution in [2.45, 2.75) is 19.8 Å². The summed E-state index contributed by atoms with van der Waals surface area (Å²) in [5.41, 5.74) is 1.21. The summed E-state index contributed by atoms with van der Waals surface area (Å²) in [5.74, 6) is 1.01. The van der Waals surface area contributed by atoms with Crippen LogP contribution in [0, 0.1) is 6.92 Å². The average Bonchev–Trinajstić information content (AvgIpc) is 2.20. The molecule has 0 bridgehead atoms. The lowest BCUT2D eigenvalue weighted by Crippen LogP contribution is -2.09. The van der Waals surface area contributed by atoms with Crippen LogP contribution in [0.1, 0.15) is 18.4 Å². The van der Waals surface area contributed by atoms with E-state index in [1.165, 1.54) is 12.0 Å². The van der Waals surface area contributed by atoms with Gasteiger partial charge in [0, 0.05) is 0 Å². The lowest BCUT2D eigenvalue weighted by Gasteiger charge is -2.08. The molecule has 0 saturated heterocycles. The van der Waals surface area contributed by atoms with Crippen LogP contribution in [0.25, 0.3) is 0 Å². The van der Waals surface area contributed by atoms with E-state index in [4.69, 9.17) is 4.74 Å². The van der Waals surface area contributed by atoms with Crippen molar-refractivity contribution >= 4 is 0 Å². The van der Waals surface area contributed by atoms with Crippen molar-refractivity contribution in [3.63, 3.8) is 0 Å².